The summed E-state index contributed by atoms with van der Waals surface area (Å²) in [4.78, 5) is 68.6. The van der Waals surface area contributed by atoms with Crippen LogP contribution in [0.1, 0.15) is 89.3 Å². The fraction of sp³-hybridized carbons (Fsp3) is 0.396. The Hall–Kier alpha value is -6.44. The Labute approximate surface area is 390 Å². The smallest absolute Gasteiger partial charge is 0.491 e. The third kappa shape index (κ3) is 13.4. The molecule has 0 bridgehead atoms. The number of thiazole rings is 1. The second-order valence-corrected chi connectivity index (χ2v) is 17.2. The zero-order valence-corrected chi connectivity index (χ0v) is 38.0. The minimum atomic E-state index is -4.79. The van der Waals surface area contributed by atoms with Gasteiger partial charge in [0.15, 0.2) is 0 Å². The van der Waals surface area contributed by atoms with Gasteiger partial charge in [0.1, 0.15) is 47.0 Å². The molecule has 7 rings (SSSR count). The number of nitrogens with zero attached hydrogens (tertiary/aromatic N) is 4. The number of aromatic nitrogens is 3. The number of nitrogens with one attached hydrogen (secondary N) is 4. The van der Waals surface area contributed by atoms with Gasteiger partial charge in [-0.15, -0.1) is 24.5 Å². The Kier molecular flexibility index (Phi) is 16.5. The highest BCUT2D eigenvalue weighted by Gasteiger charge is 2.40. The van der Waals surface area contributed by atoms with Crippen LogP contribution in [-0.2, 0) is 14.3 Å². The molecule has 3 heterocycles. The van der Waals surface area contributed by atoms with Crippen LogP contribution in [0.3, 0.4) is 0 Å². The molecule has 3 atom stereocenters. The van der Waals surface area contributed by atoms with E-state index in [-0.39, 0.29) is 67.6 Å². The number of anilines is 2. The summed E-state index contributed by atoms with van der Waals surface area (Å²) in [6.45, 7) is 3.33. The highest BCUT2D eigenvalue weighted by atomic mass is 32.1. The first-order valence-corrected chi connectivity index (χ1v) is 23.2. The van der Waals surface area contributed by atoms with Crippen LogP contribution in [-0.4, -0.2) is 102 Å². The molecule has 67 heavy (non-hydrogen) atoms. The van der Waals surface area contributed by atoms with Crippen LogP contribution in [0.5, 0.6) is 11.5 Å². The molecule has 1 saturated heterocycles. The van der Waals surface area contributed by atoms with E-state index in [4.69, 9.17) is 14.5 Å². The summed E-state index contributed by atoms with van der Waals surface area (Å²) in [5, 5.41) is 14.3. The van der Waals surface area contributed by atoms with Gasteiger partial charge in [-0.3, -0.25) is 19.2 Å². The van der Waals surface area contributed by atoms with Gasteiger partial charge in [0, 0.05) is 46.9 Å². The number of hydrogen-bond donors (Lipinski definition) is 4. The van der Waals surface area contributed by atoms with E-state index in [0.717, 1.165) is 44.9 Å². The van der Waals surface area contributed by atoms with Crippen LogP contribution >= 0.6 is 11.3 Å². The lowest BCUT2D eigenvalue weighted by molar-refractivity contribution is -0.274. The van der Waals surface area contributed by atoms with Gasteiger partial charge < -0.3 is 40.4 Å². The van der Waals surface area contributed by atoms with E-state index < -0.39 is 18.4 Å². The zero-order valence-electron chi connectivity index (χ0n) is 37.1. The second-order valence-electron chi connectivity index (χ2n) is 16.3. The number of amides is 3. The molecule has 0 radical (unpaired) electrons. The predicted molar refractivity (Wildman–Crippen MR) is 245 cm³/mol. The number of likely N-dealkylation sites (N-methyl/N-ethyl adjacent to an activating group) is 1. The molecule has 0 spiro atoms. The Morgan fingerprint density at radius 3 is 2.37 bits per heavy atom. The lowest BCUT2D eigenvalue weighted by Gasteiger charge is -2.35. The first kappa shape index (κ1) is 48.5. The Morgan fingerprint density at radius 2 is 1.63 bits per heavy atom. The quantitative estimate of drug-likeness (QED) is 0.0442. The number of rotatable bonds is 20. The Bertz CT molecular complexity index is 2470. The van der Waals surface area contributed by atoms with Crippen molar-refractivity contribution in [3.63, 3.8) is 0 Å². The fourth-order valence-corrected chi connectivity index (χ4v) is 9.02. The number of carbonyl (C=O) groups is 4. The molecule has 1 aliphatic heterocycles. The number of halogens is 3. The van der Waals surface area contributed by atoms with Crippen molar-refractivity contribution in [3.05, 3.63) is 112 Å². The third-order valence-electron chi connectivity index (χ3n) is 11.7. The number of likely N-dealkylation sites (tertiary alicyclic amines) is 1. The van der Waals surface area contributed by atoms with E-state index in [9.17, 15) is 32.3 Å². The summed E-state index contributed by atoms with van der Waals surface area (Å²) in [6, 6.07) is 19.2. The molecule has 5 aromatic rings. The number of carbonyl (C=O) groups excluding carboxylic acids is 4. The van der Waals surface area contributed by atoms with E-state index in [0.29, 0.717) is 56.9 Å². The summed E-state index contributed by atoms with van der Waals surface area (Å²) in [7, 11) is 1.72. The van der Waals surface area contributed by atoms with Crippen molar-refractivity contribution < 1.29 is 46.6 Å². The van der Waals surface area contributed by atoms with Crippen LogP contribution in [0.15, 0.2) is 90.6 Å². The summed E-state index contributed by atoms with van der Waals surface area (Å²) >= 11 is 1.37. The molecule has 2 fully saturated rings. The molecule has 3 aromatic carbocycles. The first-order chi connectivity index (χ1) is 32.3. The number of ether oxygens (including phenoxy) is 3. The molecule has 0 unspecified atom stereocenters. The molecular formula is C48H53F3N8O7S. The molecule has 3 amide bonds. The molecule has 354 valence electrons. The maximum absolute atomic E-state index is 14.1. The number of hydrogen-bond acceptors (Lipinski definition) is 13. The van der Waals surface area contributed by atoms with Gasteiger partial charge in [-0.2, -0.15) is 0 Å². The van der Waals surface area contributed by atoms with Gasteiger partial charge in [0.2, 0.25) is 17.6 Å². The van der Waals surface area contributed by atoms with Crippen molar-refractivity contribution in [2.75, 3.05) is 45.3 Å². The largest absolute Gasteiger partial charge is 0.573 e. The van der Waals surface area contributed by atoms with Gasteiger partial charge in [0.25, 0.3) is 5.91 Å². The maximum Gasteiger partial charge on any atom is 0.573 e. The molecule has 19 heteroatoms. The van der Waals surface area contributed by atoms with E-state index in [1.165, 1.54) is 41.9 Å². The highest BCUT2D eigenvalue weighted by Crippen LogP contribution is 2.37. The normalized spacial score (nSPS) is 16.2. The highest BCUT2D eigenvalue weighted by molar-refractivity contribution is 7.10. The van der Waals surface area contributed by atoms with Gasteiger partial charge in [-0.05, 0) is 106 Å². The Balaban J connectivity index is 0.832. The van der Waals surface area contributed by atoms with Gasteiger partial charge in [-0.25, -0.2) is 15.0 Å². The minimum absolute atomic E-state index is 0.0775. The standard InChI is InChI=1S/C48H53F3N8O7S/c1-30(52-2)44(61)58-42(31-8-4-3-5-9-31)47(63)59-22-7-12-40(59)46-57-39(28-67-46)43(60)32-13-17-36(18-14-32)65-25-24-64-23-21-53-45(62)34-11-6-10-33(26-34)38-27-41(55-29-54-38)56-35-15-19-37(20-16-35)66-48(49,50)51/h6,10-11,13-20,26-31,40,42,52H,3-5,7-9,12,21-25H2,1-2H3,(H,53,62)(H,58,61)(H,54,55,56)/t30-,40-,42-/m0/s1. The molecular weight excluding hydrogens is 890 g/mol. The van der Waals surface area contributed by atoms with Crippen molar-refractivity contribution in [2.45, 2.75) is 76.4 Å². The monoisotopic (exact) mass is 942 g/mol. The molecule has 4 N–H and O–H groups in total. The lowest BCUT2D eigenvalue weighted by Crippen LogP contribution is -2.55. The van der Waals surface area contributed by atoms with Crippen molar-refractivity contribution in [1.82, 2.24) is 35.8 Å². The maximum atomic E-state index is 14.1. The van der Waals surface area contributed by atoms with Crippen LogP contribution in [0.4, 0.5) is 24.7 Å². The van der Waals surface area contributed by atoms with E-state index >= 15 is 0 Å². The van der Waals surface area contributed by atoms with Crippen LogP contribution < -0.4 is 30.7 Å². The van der Waals surface area contributed by atoms with Crippen LogP contribution in [0.2, 0.25) is 0 Å². The van der Waals surface area contributed by atoms with Crippen molar-refractivity contribution >= 4 is 46.3 Å². The topological polar surface area (TPSA) is 186 Å². The third-order valence-corrected chi connectivity index (χ3v) is 12.6. The molecule has 2 aromatic heterocycles. The summed E-state index contributed by atoms with van der Waals surface area (Å²) in [5.74, 6) is -0.132. The fourth-order valence-electron chi connectivity index (χ4n) is 8.07. The van der Waals surface area contributed by atoms with Crippen molar-refractivity contribution in [1.29, 1.82) is 0 Å². The van der Waals surface area contributed by atoms with Gasteiger partial charge in [-0.1, -0.05) is 31.4 Å². The molecule has 2 aliphatic rings. The molecule has 1 aliphatic carbocycles. The predicted octanol–water partition coefficient (Wildman–Crippen LogP) is 7.64. The lowest BCUT2D eigenvalue weighted by atomic mass is 9.83. The van der Waals surface area contributed by atoms with E-state index in [1.54, 1.807) is 73.9 Å². The van der Waals surface area contributed by atoms with E-state index in [1.807, 2.05) is 4.90 Å². The average Bonchev–Trinajstić information content (AvgIpc) is 4.04. The van der Waals surface area contributed by atoms with Gasteiger partial charge >= 0.3 is 6.36 Å². The SMILES string of the molecule is CN[C@@H](C)C(=O)N[C@H](C(=O)N1CCC[C@H]1c1nc(C(=O)c2ccc(OCCOCCNC(=O)c3cccc(-c4cc(Nc5ccc(OC(F)(F)F)cc5)ncn4)c3)cc2)cs1)C1CCCCC1. The summed E-state index contributed by atoms with van der Waals surface area (Å²) in [6.07, 6.45) is 3.11. The second kappa shape index (κ2) is 22.8. The number of ketones is 1. The minimum Gasteiger partial charge on any atom is -0.491 e. The van der Waals surface area contributed by atoms with Crippen molar-refractivity contribution in [3.8, 4) is 22.8 Å². The zero-order chi connectivity index (χ0) is 47.3. The number of alkyl halides is 3. The first-order valence-electron chi connectivity index (χ1n) is 22.3. The van der Waals surface area contributed by atoms with Gasteiger partial charge in [0.05, 0.1) is 31.0 Å². The number of benzene rings is 3. The molecule has 1 saturated carbocycles. The van der Waals surface area contributed by atoms with Crippen LogP contribution in [0.25, 0.3) is 11.3 Å². The average molecular weight is 943 g/mol. The molecule has 15 nitrogen and oxygen atoms in total. The van der Waals surface area contributed by atoms with Crippen LogP contribution in [0, 0.1) is 5.92 Å². The van der Waals surface area contributed by atoms with E-state index in [2.05, 4.69) is 36.0 Å². The Morgan fingerprint density at radius 1 is 0.866 bits per heavy atom. The van der Waals surface area contributed by atoms with Crippen molar-refractivity contribution in [2.24, 2.45) is 5.92 Å². The summed E-state index contributed by atoms with van der Waals surface area (Å²) in [5.41, 5.74) is 2.82. The summed E-state index contributed by atoms with van der Waals surface area (Å²) < 4.78 is 52.9.